The van der Waals surface area contributed by atoms with Crippen LogP contribution in [0.2, 0.25) is 0 Å². The molecule has 7 rings (SSSR count). The van der Waals surface area contributed by atoms with Crippen molar-refractivity contribution in [2.24, 2.45) is 11.3 Å². The third kappa shape index (κ3) is 6.67. The maximum absolute atomic E-state index is 5.03. The Bertz CT molecular complexity index is 2040. The van der Waals surface area contributed by atoms with Crippen molar-refractivity contribution in [2.75, 3.05) is 4.90 Å². The average Bonchev–Trinajstić information content (AvgIpc) is 3.45. The van der Waals surface area contributed by atoms with Gasteiger partial charge in [-0.2, -0.15) is 0 Å². The number of fused-ring (bicyclic) bond motifs is 3. The smallest absolute Gasteiger partial charge is 0.164 e. The van der Waals surface area contributed by atoms with E-state index < -0.39 is 0 Å². The van der Waals surface area contributed by atoms with Crippen molar-refractivity contribution in [1.82, 2.24) is 15.0 Å². The van der Waals surface area contributed by atoms with Crippen molar-refractivity contribution in [3.63, 3.8) is 0 Å². The summed E-state index contributed by atoms with van der Waals surface area (Å²) in [6.45, 7) is 16.1. The van der Waals surface area contributed by atoms with E-state index in [1.54, 1.807) is 0 Å². The Morgan fingerprint density at radius 2 is 1.48 bits per heavy atom. The van der Waals surface area contributed by atoms with E-state index in [4.69, 9.17) is 15.0 Å². The zero-order valence-electron chi connectivity index (χ0n) is 29.1. The van der Waals surface area contributed by atoms with E-state index in [2.05, 4.69) is 115 Å². The number of benzene rings is 3. The molecular weight excluding hydrogens is 676 g/mol. The van der Waals surface area contributed by atoms with Gasteiger partial charge in [0.1, 0.15) is 0 Å². The fourth-order valence-electron chi connectivity index (χ4n) is 7.06. The molecule has 4 aromatic rings. The van der Waals surface area contributed by atoms with Crippen molar-refractivity contribution in [3.05, 3.63) is 167 Å². The van der Waals surface area contributed by atoms with Gasteiger partial charge in [0.25, 0.3) is 0 Å². The lowest BCUT2D eigenvalue weighted by Crippen LogP contribution is -2.31. The first-order valence-corrected chi connectivity index (χ1v) is 18.4. The average molecular weight is 720 g/mol. The first-order valence-electron chi connectivity index (χ1n) is 17.6. The minimum atomic E-state index is -0.141. The van der Waals surface area contributed by atoms with Crippen LogP contribution < -0.4 is 4.90 Å². The van der Waals surface area contributed by atoms with E-state index in [1.807, 2.05) is 60.7 Å². The van der Waals surface area contributed by atoms with Crippen molar-refractivity contribution in [1.29, 1.82) is 0 Å². The predicted molar refractivity (Wildman–Crippen MR) is 212 cm³/mol. The van der Waals surface area contributed by atoms with Gasteiger partial charge in [-0.15, -0.1) is 0 Å². The number of aromatic nitrogens is 3. The molecule has 0 amide bonds. The maximum Gasteiger partial charge on any atom is 0.164 e. The van der Waals surface area contributed by atoms with Crippen molar-refractivity contribution >= 4 is 21.6 Å². The van der Waals surface area contributed by atoms with Gasteiger partial charge in [0.05, 0.1) is 6.04 Å². The molecule has 2 aliphatic carbocycles. The van der Waals surface area contributed by atoms with Crippen molar-refractivity contribution in [3.8, 4) is 34.2 Å². The molecule has 1 aromatic heterocycles. The van der Waals surface area contributed by atoms with Crippen LogP contribution in [0.1, 0.15) is 46.5 Å². The van der Waals surface area contributed by atoms with E-state index in [-0.39, 0.29) is 17.4 Å². The molecule has 0 bridgehead atoms. The van der Waals surface area contributed by atoms with Crippen molar-refractivity contribution < 1.29 is 0 Å². The molecule has 250 valence electrons. The van der Waals surface area contributed by atoms with Crippen LogP contribution in [0.25, 0.3) is 34.2 Å². The number of hydrogen-bond donors (Lipinski definition) is 0. The summed E-state index contributed by atoms with van der Waals surface area (Å²) >= 11 is 3.80. The molecule has 2 unspecified atom stereocenters. The lowest BCUT2D eigenvalue weighted by molar-refractivity contribution is 0.461. The highest BCUT2D eigenvalue weighted by Crippen LogP contribution is 2.49. The quantitative estimate of drug-likeness (QED) is 0.178. The van der Waals surface area contributed by atoms with Gasteiger partial charge in [0.2, 0.25) is 0 Å². The van der Waals surface area contributed by atoms with Gasteiger partial charge in [0.15, 0.2) is 17.5 Å². The van der Waals surface area contributed by atoms with Gasteiger partial charge in [-0.25, -0.2) is 15.0 Å². The number of halogens is 1. The summed E-state index contributed by atoms with van der Waals surface area (Å²) in [7, 11) is 0. The van der Waals surface area contributed by atoms with Crippen LogP contribution in [0, 0.1) is 11.3 Å². The lowest BCUT2D eigenvalue weighted by Gasteiger charge is -2.31. The number of anilines is 1. The van der Waals surface area contributed by atoms with Crippen LogP contribution in [0.15, 0.2) is 167 Å². The molecule has 0 saturated carbocycles. The first-order chi connectivity index (χ1) is 24.2. The molecule has 1 saturated heterocycles. The fraction of sp³-hybridized carbons (Fsp3) is 0.222. The predicted octanol–water partition coefficient (Wildman–Crippen LogP) is 12.0. The summed E-state index contributed by atoms with van der Waals surface area (Å²) in [6, 6.07) is 29.0. The number of rotatable bonds is 7. The molecule has 3 aliphatic rings. The normalized spacial score (nSPS) is 21.7. The summed E-state index contributed by atoms with van der Waals surface area (Å²) in [5.41, 5.74) is 9.65. The van der Waals surface area contributed by atoms with Gasteiger partial charge >= 0.3 is 0 Å². The zero-order valence-corrected chi connectivity index (χ0v) is 30.7. The Hall–Kier alpha value is -4.87. The van der Waals surface area contributed by atoms with Crippen LogP contribution in [0.5, 0.6) is 0 Å². The number of unbranched alkanes of at least 4 members (excludes halogenated alkanes) is 2. The van der Waals surface area contributed by atoms with Crippen LogP contribution in [-0.4, -0.2) is 21.0 Å². The molecular formula is C45H43BrN4. The largest absolute Gasteiger partial charge is 0.334 e. The van der Waals surface area contributed by atoms with Crippen LogP contribution in [0.3, 0.4) is 0 Å². The Balaban J connectivity index is 1.36. The van der Waals surface area contributed by atoms with E-state index in [9.17, 15) is 0 Å². The summed E-state index contributed by atoms with van der Waals surface area (Å²) in [5.74, 6) is 2.10. The van der Waals surface area contributed by atoms with E-state index >= 15 is 0 Å². The fourth-order valence-corrected chi connectivity index (χ4v) is 7.50. The lowest BCUT2D eigenvalue weighted by atomic mass is 9.76. The van der Waals surface area contributed by atoms with E-state index in [0.717, 1.165) is 63.7 Å². The van der Waals surface area contributed by atoms with Crippen LogP contribution in [0.4, 0.5) is 5.69 Å². The summed E-state index contributed by atoms with van der Waals surface area (Å²) in [6.07, 6.45) is 18.1. The monoisotopic (exact) mass is 718 g/mol. The highest BCUT2D eigenvalue weighted by atomic mass is 79.9. The highest BCUT2D eigenvalue weighted by Gasteiger charge is 2.42. The van der Waals surface area contributed by atoms with E-state index in [1.165, 1.54) is 16.8 Å². The molecule has 0 N–H and O–H groups in total. The zero-order chi connectivity index (χ0) is 34.8. The number of allylic oxidation sites excluding steroid dienone is 9. The molecule has 1 fully saturated rings. The van der Waals surface area contributed by atoms with Gasteiger partial charge in [-0.1, -0.05) is 166 Å². The Labute approximate surface area is 305 Å². The second-order valence-electron chi connectivity index (χ2n) is 13.9. The molecule has 4 nitrogen and oxygen atoms in total. The SMILES string of the molecule is C=C1C=C2/C(=C\CC(C)(C)C(=C)/C1=C\CCCC)N(c1cccc(-c3nc(-c4ccccc4)nc(-c4ccccc4)n3)c1)C1C=CC(Br)=CC21. The first kappa shape index (κ1) is 33.6. The molecule has 3 aromatic carbocycles. The standard InChI is InChI=1S/C45H43BrN4/c1-6-7-10-22-37-30(2)27-38-39-29-35(46)23-24-40(39)50(41(38)25-26-45(4,5)31(37)3)36-21-15-20-34(28-36)44-48-42(32-16-11-8-12-17-32)47-43(49-44)33-18-13-9-14-19-33/h8-9,11-25,27-29,39-40H,2-3,6-7,10,26H2,1,4-5H3/b37-22-,38-27?,41-25+. The number of nitrogens with zero attached hydrogens (tertiary/aromatic N) is 4. The van der Waals surface area contributed by atoms with E-state index in [0.29, 0.717) is 17.5 Å². The minimum absolute atomic E-state index is 0.105. The number of hydrogen-bond acceptors (Lipinski definition) is 4. The van der Waals surface area contributed by atoms with Crippen LogP contribution in [-0.2, 0) is 0 Å². The third-order valence-corrected chi connectivity index (χ3v) is 10.5. The third-order valence-electron chi connectivity index (χ3n) is 9.98. The summed E-state index contributed by atoms with van der Waals surface area (Å²) in [5, 5.41) is 0. The summed E-state index contributed by atoms with van der Waals surface area (Å²) < 4.78 is 1.09. The summed E-state index contributed by atoms with van der Waals surface area (Å²) in [4.78, 5) is 17.5. The molecule has 2 heterocycles. The molecule has 2 atom stereocenters. The Morgan fingerprint density at radius 1 is 0.860 bits per heavy atom. The molecule has 1 aliphatic heterocycles. The Kier molecular flexibility index (Phi) is 9.52. The molecule has 50 heavy (non-hydrogen) atoms. The Morgan fingerprint density at radius 3 is 2.12 bits per heavy atom. The van der Waals surface area contributed by atoms with Gasteiger partial charge in [-0.3, -0.25) is 0 Å². The minimum Gasteiger partial charge on any atom is -0.334 e. The van der Waals surface area contributed by atoms with Crippen molar-refractivity contribution in [2.45, 2.75) is 52.5 Å². The second-order valence-corrected chi connectivity index (χ2v) is 14.8. The molecule has 5 heteroatoms. The van der Waals surface area contributed by atoms with Gasteiger partial charge in [0, 0.05) is 38.5 Å². The topological polar surface area (TPSA) is 41.9 Å². The van der Waals surface area contributed by atoms with Gasteiger partial charge in [-0.05, 0) is 58.8 Å². The van der Waals surface area contributed by atoms with Gasteiger partial charge < -0.3 is 4.90 Å². The molecule has 0 radical (unpaired) electrons. The molecule has 0 spiro atoms. The maximum atomic E-state index is 5.03. The highest BCUT2D eigenvalue weighted by molar-refractivity contribution is 9.11. The van der Waals surface area contributed by atoms with Crippen LogP contribution >= 0.6 is 15.9 Å². The second kappa shape index (κ2) is 14.2.